The summed E-state index contributed by atoms with van der Waals surface area (Å²) in [7, 11) is 1.29. The summed E-state index contributed by atoms with van der Waals surface area (Å²) in [5.41, 5.74) is 0.738. The van der Waals surface area contributed by atoms with Crippen LogP contribution in [0.1, 0.15) is 11.6 Å². The molecule has 1 amide bonds. The zero-order chi connectivity index (χ0) is 13.1. The fourth-order valence-electron chi connectivity index (χ4n) is 2.03. The van der Waals surface area contributed by atoms with E-state index in [2.05, 4.69) is 15.0 Å². The topological polar surface area (TPSA) is 68.3 Å². The number of methoxy groups -OCH3 is 1. The van der Waals surface area contributed by atoms with E-state index in [1.165, 1.54) is 7.11 Å². The van der Waals surface area contributed by atoms with Crippen molar-refractivity contribution in [2.45, 2.75) is 10.8 Å². The number of hydrogen-bond donors (Lipinski definition) is 1. The molecule has 1 aliphatic rings. The van der Waals surface area contributed by atoms with Crippen LogP contribution < -0.4 is 5.32 Å². The standard InChI is InChI=1S/C12H14N2O3S/c1-17-12(16)10-8(6-14-11(10)15)9-4-3-7(18-2)5-13-9/h3-5,8,10H,6H2,1-2H3,(H,14,15)/t8-,10-/m0/s1. The van der Waals surface area contributed by atoms with Gasteiger partial charge in [-0.2, -0.15) is 0 Å². The van der Waals surface area contributed by atoms with Gasteiger partial charge in [-0.25, -0.2) is 0 Å². The second-order valence-corrected chi connectivity index (χ2v) is 4.86. The summed E-state index contributed by atoms with van der Waals surface area (Å²) >= 11 is 1.60. The predicted octanol–water partition coefficient (Wildman–Crippen LogP) is 0.806. The monoisotopic (exact) mass is 266 g/mol. The summed E-state index contributed by atoms with van der Waals surface area (Å²) in [6.45, 7) is 0.421. The van der Waals surface area contributed by atoms with E-state index in [-0.39, 0.29) is 11.8 Å². The number of pyridine rings is 1. The largest absolute Gasteiger partial charge is 0.468 e. The summed E-state index contributed by atoms with van der Waals surface area (Å²) in [6.07, 6.45) is 3.71. The molecule has 0 radical (unpaired) electrons. The molecule has 0 aromatic carbocycles. The third kappa shape index (κ3) is 2.33. The Morgan fingerprint density at radius 1 is 1.56 bits per heavy atom. The number of carbonyl (C=O) groups is 2. The number of ether oxygens (including phenoxy) is 1. The minimum Gasteiger partial charge on any atom is -0.468 e. The lowest BCUT2D eigenvalue weighted by Gasteiger charge is -2.14. The number of carbonyl (C=O) groups excluding carboxylic acids is 2. The quantitative estimate of drug-likeness (QED) is 0.498. The molecule has 6 heteroatoms. The Bertz CT molecular complexity index is 461. The molecule has 0 saturated carbocycles. The second kappa shape index (κ2) is 5.39. The molecular weight excluding hydrogens is 252 g/mol. The molecule has 5 nitrogen and oxygen atoms in total. The lowest BCUT2D eigenvalue weighted by molar-refractivity contribution is -0.149. The highest BCUT2D eigenvalue weighted by Crippen LogP contribution is 2.29. The van der Waals surface area contributed by atoms with Crippen molar-refractivity contribution >= 4 is 23.6 Å². The highest BCUT2D eigenvalue weighted by Gasteiger charge is 2.42. The van der Waals surface area contributed by atoms with Crippen molar-refractivity contribution in [3.8, 4) is 0 Å². The van der Waals surface area contributed by atoms with Gasteiger partial charge in [0.05, 0.1) is 7.11 Å². The minimum atomic E-state index is -0.789. The van der Waals surface area contributed by atoms with E-state index < -0.39 is 11.9 Å². The molecule has 0 spiro atoms. The van der Waals surface area contributed by atoms with Crippen LogP contribution in [0.15, 0.2) is 23.2 Å². The Morgan fingerprint density at radius 2 is 2.33 bits per heavy atom. The Hall–Kier alpha value is -1.56. The van der Waals surface area contributed by atoms with Gasteiger partial charge in [-0.05, 0) is 18.4 Å². The molecule has 1 aromatic rings. The van der Waals surface area contributed by atoms with Gasteiger partial charge in [0.1, 0.15) is 5.92 Å². The summed E-state index contributed by atoms with van der Waals surface area (Å²) in [6, 6.07) is 3.79. The van der Waals surface area contributed by atoms with Crippen molar-refractivity contribution in [1.29, 1.82) is 0 Å². The normalized spacial score (nSPS) is 22.7. The Morgan fingerprint density at radius 3 is 2.89 bits per heavy atom. The zero-order valence-corrected chi connectivity index (χ0v) is 11.0. The zero-order valence-electron chi connectivity index (χ0n) is 10.2. The first-order valence-corrected chi connectivity index (χ1v) is 6.75. The molecule has 2 heterocycles. The van der Waals surface area contributed by atoms with Crippen molar-refractivity contribution in [2.24, 2.45) is 5.92 Å². The summed E-state index contributed by atoms with van der Waals surface area (Å²) in [5, 5.41) is 2.68. The highest BCUT2D eigenvalue weighted by atomic mass is 32.2. The van der Waals surface area contributed by atoms with Crippen LogP contribution in [0.25, 0.3) is 0 Å². The van der Waals surface area contributed by atoms with Crippen molar-refractivity contribution in [3.05, 3.63) is 24.0 Å². The molecule has 1 saturated heterocycles. The second-order valence-electron chi connectivity index (χ2n) is 3.98. The van der Waals surface area contributed by atoms with E-state index in [9.17, 15) is 9.59 Å². The van der Waals surface area contributed by atoms with Gasteiger partial charge in [-0.15, -0.1) is 11.8 Å². The molecule has 1 fully saturated rings. The third-order valence-corrected chi connectivity index (χ3v) is 3.72. The number of rotatable bonds is 3. The highest BCUT2D eigenvalue weighted by molar-refractivity contribution is 7.98. The Balaban J connectivity index is 2.25. The van der Waals surface area contributed by atoms with Crippen LogP contribution in [0.2, 0.25) is 0 Å². The number of hydrogen-bond acceptors (Lipinski definition) is 5. The van der Waals surface area contributed by atoms with Crippen molar-refractivity contribution in [1.82, 2.24) is 10.3 Å². The Labute approximate surface area is 109 Å². The number of thioether (sulfide) groups is 1. The van der Waals surface area contributed by atoms with Gasteiger partial charge in [-0.1, -0.05) is 0 Å². The number of aromatic nitrogens is 1. The van der Waals surface area contributed by atoms with Gasteiger partial charge in [0.15, 0.2) is 0 Å². The third-order valence-electron chi connectivity index (χ3n) is 3.01. The van der Waals surface area contributed by atoms with Gasteiger partial charge in [0.2, 0.25) is 5.91 Å². The molecular formula is C12H14N2O3S. The van der Waals surface area contributed by atoms with E-state index >= 15 is 0 Å². The van der Waals surface area contributed by atoms with Crippen LogP contribution in [-0.2, 0) is 14.3 Å². The maximum Gasteiger partial charge on any atom is 0.318 e. The molecule has 1 aromatic heterocycles. The lowest BCUT2D eigenvalue weighted by atomic mass is 9.92. The lowest BCUT2D eigenvalue weighted by Crippen LogP contribution is -2.28. The molecule has 1 N–H and O–H groups in total. The number of amides is 1. The van der Waals surface area contributed by atoms with Crippen LogP contribution in [0.5, 0.6) is 0 Å². The molecule has 18 heavy (non-hydrogen) atoms. The Kier molecular flexibility index (Phi) is 3.86. The van der Waals surface area contributed by atoms with Crippen molar-refractivity contribution in [2.75, 3.05) is 19.9 Å². The van der Waals surface area contributed by atoms with Gasteiger partial charge in [-0.3, -0.25) is 14.6 Å². The van der Waals surface area contributed by atoms with E-state index in [0.29, 0.717) is 6.54 Å². The average molecular weight is 266 g/mol. The number of nitrogens with one attached hydrogen (secondary N) is 1. The molecule has 2 atom stereocenters. The molecule has 1 aliphatic heterocycles. The first-order chi connectivity index (χ1) is 8.67. The molecule has 96 valence electrons. The van der Waals surface area contributed by atoms with Crippen molar-refractivity contribution < 1.29 is 14.3 Å². The van der Waals surface area contributed by atoms with E-state index in [1.54, 1.807) is 18.0 Å². The minimum absolute atomic E-state index is 0.249. The van der Waals surface area contributed by atoms with Gasteiger partial charge < -0.3 is 10.1 Å². The van der Waals surface area contributed by atoms with Gasteiger partial charge in [0, 0.05) is 29.2 Å². The smallest absolute Gasteiger partial charge is 0.318 e. The molecule has 0 unspecified atom stereocenters. The first-order valence-electron chi connectivity index (χ1n) is 5.53. The number of nitrogens with zero attached hydrogens (tertiary/aromatic N) is 1. The first kappa shape index (κ1) is 12.9. The number of esters is 1. The molecule has 2 rings (SSSR count). The SMILES string of the molecule is COC(=O)[C@@H]1C(=O)NC[C@H]1c1ccc(SC)cn1. The fourth-order valence-corrected chi connectivity index (χ4v) is 2.39. The van der Waals surface area contributed by atoms with Crippen LogP contribution in [0.3, 0.4) is 0 Å². The van der Waals surface area contributed by atoms with Gasteiger partial charge in [0.25, 0.3) is 0 Å². The summed E-state index contributed by atoms with van der Waals surface area (Å²) in [5.74, 6) is -1.84. The summed E-state index contributed by atoms with van der Waals surface area (Å²) < 4.78 is 4.67. The maximum atomic E-state index is 11.6. The van der Waals surface area contributed by atoms with E-state index in [1.807, 2.05) is 18.4 Å². The van der Waals surface area contributed by atoms with Crippen LogP contribution >= 0.6 is 11.8 Å². The maximum absolute atomic E-state index is 11.6. The fraction of sp³-hybridized carbons (Fsp3) is 0.417. The average Bonchev–Trinajstić information content (AvgIpc) is 2.80. The summed E-state index contributed by atoms with van der Waals surface area (Å²) in [4.78, 5) is 28.6. The van der Waals surface area contributed by atoms with Gasteiger partial charge >= 0.3 is 5.97 Å². The van der Waals surface area contributed by atoms with E-state index in [0.717, 1.165) is 10.6 Å². The van der Waals surface area contributed by atoms with Crippen LogP contribution in [-0.4, -0.2) is 36.8 Å². The predicted molar refractivity (Wildman–Crippen MR) is 67.3 cm³/mol. The van der Waals surface area contributed by atoms with Crippen LogP contribution in [0.4, 0.5) is 0 Å². The molecule has 0 bridgehead atoms. The van der Waals surface area contributed by atoms with Crippen molar-refractivity contribution in [3.63, 3.8) is 0 Å². The van der Waals surface area contributed by atoms with E-state index in [4.69, 9.17) is 0 Å². The molecule has 0 aliphatic carbocycles. The van der Waals surface area contributed by atoms with Crippen LogP contribution in [0, 0.1) is 5.92 Å².